The molecule has 0 aliphatic carbocycles. The summed E-state index contributed by atoms with van der Waals surface area (Å²) in [6.07, 6.45) is 6.09. The maximum atomic E-state index is 10.7. The smallest absolute Gasteiger partial charge is 0.269 e. The summed E-state index contributed by atoms with van der Waals surface area (Å²) in [5.74, 6) is 0. The summed E-state index contributed by atoms with van der Waals surface area (Å²) in [6, 6.07) is 6.30. The van der Waals surface area contributed by atoms with Crippen molar-refractivity contribution in [2.75, 3.05) is 4.90 Å². The molecule has 0 unspecified atom stereocenters. The number of hydrogen-bond donors (Lipinski definition) is 0. The van der Waals surface area contributed by atoms with Gasteiger partial charge in [-0.2, -0.15) is 10.2 Å². The fourth-order valence-corrected chi connectivity index (χ4v) is 1.95. The number of benzene rings is 1. The van der Waals surface area contributed by atoms with Crippen molar-refractivity contribution in [2.45, 2.75) is 13.3 Å². The summed E-state index contributed by atoms with van der Waals surface area (Å²) in [5.41, 5.74) is 0.849. The highest BCUT2D eigenvalue weighted by molar-refractivity contribution is 5.49. The Morgan fingerprint density at radius 2 is 1.55 bits per heavy atom. The van der Waals surface area contributed by atoms with E-state index in [0.29, 0.717) is 13.3 Å². The van der Waals surface area contributed by atoms with Crippen LogP contribution in [0.3, 0.4) is 0 Å². The molecule has 3 rings (SSSR count). The van der Waals surface area contributed by atoms with Crippen LogP contribution in [0.1, 0.15) is 0 Å². The number of nitro benzene ring substituents is 1. The van der Waals surface area contributed by atoms with Gasteiger partial charge in [0.15, 0.2) is 0 Å². The first kappa shape index (κ1) is 13.7. The predicted molar refractivity (Wildman–Crippen MR) is 75.6 cm³/mol. The highest BCUT2D eigenvalue weighted by atomic mass is 16.6. The monoisotopic (exact) mass is 300 g/mol. The lowest BCUT2D eigenvalue weighted by Gasteiger charge is -2.24. The van der Waals surface area contributed by atoms with Gasteiger partial charge in [-0.05, 0) is 12.1 Å². The van der Waals surface area contributed by atoms with Gasteiger partial charge in [-0.15, -0.1) is 0 Å². The SMILES string of the molecule is O=[N+]([O-])c1ccc(N(Cn2cncn2)Cn2cncn2)cc1. The minimum absolute atomic E-state index is 0.0465. The summed E-state index contributed by atoms with van der Waals surface area (Å²) in [7, 11) is 0. The van der Waals surface area contributed by atoms with Crippen molar-refractivity contribution < 1.29 is 4.92 Å². The predicted octanol–water partition coefficient (Wildman–Crippen LogP) is 0.900. The lowest BCUT2D eigenvalue weighted by molar-refractivity contribution is -0.384. The van der Waals surface area contributed by atoms with E-state index in [2.05, 4.69) is 20.2 Å². The third-order valence-electron chi connectivity index (χ3n) is 2.99. The second-order valence-electron chi connectivity index (χ2n) is 4.47. The zero-order valence-electron chi connectivity index (χ0n) is 11.4. The van der Waals surface area contributed by atoms with Crippen LogP contribution in [-0.4, -0.2) is 34.5 Å². The van der Waals surface area contributed by atoms with Crippen LogP contribution in [0.15, 0.2) is 49.6 Å². The molecule has 2 heterocycles. The zero-order valence-corrected chi connectivity index (χ0v) is 11.4. The average molecular weight is 300 g/mol. The minimum Gasteiger partial charge on any atom is -0.332 e. The third kappa shape index (κ3) is 3.06. The van der Waals surface area contributed by atoms with Gasteiger partial charge in [0.2, 0.25) is 0 Å². The standard InChI is InChI=1S/C12H12N8O2/c21-20(22)12-3-1-11(2-4-12)17(9-18-7-13-5-15-18)10-19-8-14-6-16-19/h1-8H,9-10H2. The van der Waals surface area contributed by atoms with Crippen molar-refractivity contribution in [3.63, 3.8) is 0 Å². The van der Waals surface area contributed by atoms with E-state index in [1.165, 1.54) is 24.8 Å². The molecule has 0 amide bonds. The van der Waals surface area contributed by atoms with Crippen LogP contribution in [0, 0.1) is 10.1 Å². The van der Waals surface area contributed by atoms with Crippen molar-refractivity contribution in [1.29, 1.82) is 0 Å². The van der Waals surface area contributed by atoms with E-state index in [4.69, 9.17) is 0 Å². The largest absolute Gasteiger partial charge is 0.332 e. The number of nitrogens with zero attached hydrogens (tertiary/aromatic N) is 8. The molecule has 10 nitrogen and oxygen atoms in total. The third-order valence-corrected chi connectivity index (χ3v) is 2.99. The number of hydrogen-bond acceptors (Lipinski definition) is 7. The molecule has 112 valence electrons. The van der Waals surface area contributed by atoms with Crippen LogP contribution in [-0.2, 0) is 13.3 Å². The fourth-order valence-electron chi connectivity index (χ4n) is 1.95. The molecule has 10 heteroatoms. The highest BCUT2D eigenvalue weighted by Crippen LogP contribution is 2.20. The number of rotatable bonds is 6. The lowest BCUT2D eigenvalue weighted by atomic mass is 10.2. The van der Waals surface area contributed by atoms with E-state index in [1.54, 1.807) is 34.2 Å². The van der Waals surface area contributed by atoms with E-state index in [-0.39, 0.29) is 5.69 Å². The molecule has 2 aromatic heterocycles. The Hall–Kier alpha value is -3.30. The molecule has 3 aromatic rings. The number of nitro groups is 1. The van der Waals surface area contributed by atoms with E-state index < -0.39 is 4.92 Å². The normalized spacial score (nSPS) is 10.5. The average Bonchev–Trinajstić information content (AvgIpc) is 3.20. The van der Waals surface area contributed by atoms with Crippen molar-refractivity contribution in [1.82, 2.24) is 29.5 Å². The van der Waals surface area contributed by atoms with Gasteiger partial charge in [0.25, 0.3) is 5.69 Å². The van der Waals surface area contributed by atoms with E-state index in [0.717, 1.165) is 5.69 Å². The van der Waals surface area contributed by atoms with Crippen LogP contribution in [0.4, 0.5) is 11.4 Å². The number of aromatic nitrogens is 6. The molecule has 0 spiro atoms. The van der Waals surface area contributed by atoms with Gasteiger partial charge >= 0.3 is 0 Å². The molecule has 0 atom stereocenters. The van der Waals surface area contributed by atoms with Crippen molar-refractivity contribution in [3.8, 4) is 0 Å². The van der Waals surface area contributed by atoms with Crippen LogP contribution >= 0.6 is 0 Å². The molecule has 0 saturated heterocycles. The topological polar surface area (TPSA) is 108 Å². The molecule has 0 saturated carbocycles. The second kappa shape index (κ2) is 5.99. The molecule has 0 aliphatic rings. The van der Waals surface area contributed by atoms with E-state index >= 15 is 0 Å². The van der Waals surface area contributed by atoms with Gasteiger partial charge in [-0.25, -0.2) is 19.3 Å². The zero-order chi connectivity index (χ0) is 15.4. The van der Waals surface area contributed by atoms with E-state index in [1.807, 2.05) is 4.90 Å². The minimum atomic E-state index is -0.428. The molecule has 0 bridgehead atoms. The number of anilines is 1. The molecule has 0 radical (unpaired) electrons. The number of non-ortho nitro benzene ring substituents is 1. The first-order chi connectivity index (χ1) is 10.7. The molecule has 1 aromatic carbocycles. The Morgan fingerprint density at radius 3 is 1.95 bits per heavy atom. The quantitative estimate of drug-likeness (QED) is 0.491. The first-order valence-corrected chi connectivity index (χ1v) is 6.36. The van der Waals surface area contributed by atoms with Gasteiger partial charge in [0, 0.05) is 17.8 Å². The summed E-state index contributed by atoms with van der Waals surface area (Å²) in [5, 5.41) is 18.9. The van der Waals surface area contributed by atoms with Crippen molar-refractivity contribution >= 4 is 11.4 Å². The van der Waals surface area contributed by atoms with Crippen LogP contribution in [0.5, 0.6) is 0 Å². The van der Waals surface area contributed by atoms with Crippen molar-refractivity contribution in [2.24, 2.45) is 0 Å². The second-order valence-corrected chi connectivity index (χ2v) is 4.47. The Morgan fingerprint density at radius 1 is 1.00 bits per heavy atom. The first-order valence-electron chi connectivity index (χ1n) is 6.36. The van der Waals surface area contributed by atoms with Crippen LogP contribution in [0.2, 0.25) is 0 Å². The Balaban J connectivity index is 1.84. The van der Waals surface area contributed by atoms with Gasteiger partial charge in [-0.3, -0.25) is 10.1 Å². The lowest BCUT2D eigenvalue weighted by Crippen LogP contribution is -2.29. The van der Waals surface area contributed by atoms with Gasteiger partial charge in [0.05, 0.1) is 4.92 Å². The Bertz CT molecular complexity index is 687. The van der Waals surface area contributed by atoms with E-state index in [9.17, 15) is 10.1 Å². The fraction of sp³-hybridized carbons (Fsp3) is 0.167. The Labute approximate surface area is 124 Å². The summed E-state index contributed by atoms with van der Waals surface area (Å²) >= 11 is 0. The molecule has 0 fully saturated rings. The van der Waals surface area contributed by atoms with Gasteiger partial charge in [-0.1, -0.05) is 0 Å². The maximum Gasteiger partial charge on any atom is 0.269 e. The summed E-state index contributed by atoms with van der Waals surface area (Å²) in [6.45, 7) is 0.856. The highest BCUT2D eigenvalue weighted by Gasteiger charge is 2.11. The molecular formula is C12H12N8O2. The van der Waals surface area contributed by atoms with Crippen LogP contribution < -0.4 is 4.90 Å². The molecule has 0 aliphatic heterocycles. The Kier molecular flexibility index (Phi) is 3.72. The van der Waals surface area contributed by atoms with Gasteiger partial charge in [0.1, 0.15) is 38.6 Å². The molecular weight excluding hydrogens is 288 g/mol. The summed E-state index contributed by atoms with van der Waals surface area (Å²) in [4.78, 5) is 20.1. The van der Waals surface area contributed by atoms with Gasteiger partial charge < -0.3 is 4.90 Å². The maximum absolute atomic E-state index is 10.7. The molecule has 22 heavy (non-hydrogen) atoms. The van der Waals surface area contributed by atoms with Crippen molar-refractivity contribution in [3.05, 3.63) is 59.7 Å². The van der Waals surface area contributed by atoms with Crippen LogP contribution in [0.25, 0.3) is 0 Å². The summed E-state index contributed by atoms with van der Waals surface area (Å²) < 4.78 is 3.30. The molecule has 0 N–H and O–H groups in total.